The fraction of sp³-hybridized carbons (Fsp3) is 1.00. The summed E-state index contributed by atoms with van der Waals surface area (Å²) in [5.74, 6) is 0. The zero-order valence-electron chi connectivity index (χ0n) is 5.18. The lowest BCUT2D eigenvalue weighted by molar-refractivity contribution is -0.344. The molecule has 8 heavy (non-hydrogen) atoms. The highest BCUT2D eigenvalue weighted by molar-refractivity contribution is 4.86. The molecule has 1 fully saturated rings. The van der Waals surface area contributed by atoms with Crippen molar-refractivity contribution in [2.75, 3.05) is 0 Å². The Morgan fingerprint density at radius 2 is 2.25 bits per heavy atom. The van der Waals surface area contributed by atoms with Crippen LogP contribution in [0.2, 0.25) is 0 Å². The summed E-state index contributed by atoms with van der Waals surface area (Å²) in [4.78, 5) is 4.32. The summed E-state index contributed by atoms with van der Waals surface area (Å²) in [5.41, 5.74) is -0.139. The van der Waals surface area contributed by atoms with Crippen LogP contribution in [-0.4, -0.2) is 10.9 Å². The average Bonchev–Trinajstić information content (AvgIpc) is 1.67. The first-order valence-electron chi connectivity index (χ1n) is 3.15. The summed E-state index contributed by atoms with van der Waals surface area (Å²) < 4.78 is 0. The third-order valence-electron chi connectivity index (χ3n) is 2.10. The number of rotatable bonds is 2. The molecule has 2 heteroatoms. The topological polar surface area (TPSA) is 29.5 Å². The normalized spacial score (nSPS) is 24.8. The SMILES string of the molecule is CCC1(OO)CCC1. The maximum atomic E-state index is 8.34. The zero-order chi connectivity index (χ0) is 6.04. The molecule has 0 amide bonds. The third-order valence-corrected chi connectivity index (χ3v) is 2.10. The van der Waals surface area contributed by atoms with E-state index in [0.29, 0.717) is 0 Å². The molecular weight excluding hydrogens is 104 g/mol. The summed E-state index contributed by atoms with van der Waals surface area (Å²) in [6.07, 6.45) is 4.19. The van der Waals surface area contributed by atoms with E-state index < -0.39 is 0 Å². The molecule has 0 aromatic carbocycles. The first-order chi connectivity index (χ1) is 3.83. The van der Waals surface area contributed by atoms with Gasteiger partial charge in [0.2, 0.25) is 0 Å². The van der Waals surface area contributed by atoms with E-state index in [9.17, 15) is 0 Å². The Morgan fingerprint density at radius 1 is 1.62 bits per heavy atom. The second-order valence-electron chi connectivity index (χ2n) is 2.48. The van der Waals surface area contributed by atoms with Crippen molar-refractivity contribution in [1.29, 1.82) is 0 Å². The maximum Gasteiger partial charge on any atom is 0.103 e. The molecule has 0 radical (unpaired) electrons. The molecule has 2 nitrogen and oxygen atoms in total. The molecule has 0 spiro atoms. The van der Waals surface area contributed by atoms with Gasteiger partial charge in [0.1, 0.15) is 5.60 Å². The molecule has 1 saturated carbocycles. The van der Waals surface area contributed by atoms with E-state index in [1.165, 1.54) is 6.42 Å². The number of hydrogen-bond donors (Lipinski definition) is 1. The third kappa shape index (κ3) is 0.740. The molecule has 0 unspecified atom stereocenters. The van der Waals surface area contributed by atoms with Crippen LogP contribution in [0, 0.1) is 0 Å². The van der Waals surface area contributed by atoms with E-state index in [1.807, 2.05) is 6.92 Å². The second kappa shape index (κ2) is 2.03. The van der Waals surface area contributed by atoms with E-state index in [2.05, 4.69) is 4.89 Å². The molecule has 48 valence electrons. The molecule has 1 aliphatic rings. The van der Waals surface area contributed by atoms with Crippen molar-refractivity contribution in [2.45, 2.75) is 38.2 Å². The minimum absolute atomic E-state index is 0.139. The maximum absolute atomic E-state index is 8.34. The lowest BCUT2D eigenvalue weighted by Crippen LogP contribution is -2.38. The van der Waals surface area contributed by atoms with Crippen LogP contribution < -0.4 is 0 Å². The highest BCUT2D eigenvalue weighted by atomic mass is 17.1. The van der Waals surface area contributed by atoms with Gasteiger partial charge >= 0.3 is 0 Å². The summed E-state index contributed by atoms with van der Waals surface area (Å²) in [5, 5.41) is 8.34. The monoisotopic (exact) mass is 116 g/mol. The van der Waals surface area contributed by atoms with Crippen LogP contribution in [0.1, 0.15) is 32.6 Å². The molecule has 0 heterocycles. The van der Waals surface area contributed by atoms with Gasteiger partial charge in [0.15, 0.2) is 0 Å². The molecule has 0 aliphatic heterocycles. The molecule has 1 aliphatic carbocycles. The Hall–Kier alpha value is -0.0800. The van der Waals surface area contributed by atoms with Crippen molar-refractivity contribution in [2.24, 2.45) is 0 Å². The molecule has 0 bridgehead atoms. The highest BCUT2D eigenvalue weighted by Crippen LogP contribution is 2.37. The first kappa shape index (κ1) is 6.05. The van der Waals surface area contributed by atoms with E-state index >= 15 is 0 Å². The van der Waals surface area contributed by atoms with E-state index in [0.717, 1.165) is 19.3 Å². The lowest BCUT2D eigenvalue weighted by atomic mass is 9.78. The van der Waals surface area contributed by atoms with Crippen molar-refractivity contribution in [1.82, 2.24) is 0 Å². The van der Waals surface area contributed by atoms with Crippen molar-refractivity contribution < 1.29 is 10.1 Å². The largest absolute Gasteiger partial charge is 0.251 e. The Morgan fingerprint density at radius 3 is 2.25 bits per heavy atom. The summed E-state index contributed by atoms with van der Waals surface area (Å²) in [6, 6.07) is 0. The van der Waals surface area contributed by atoms with Gasteiger partial charge < -0.3 is 0 Å². The minimum atomic E-state index is -0.139. The van der Waals surface area contributed by atoms with Crippen LogP contribution >= 0.6 is 0 Å². The van der Waals surface area contributed by atoms with Crippen LogP contribution in [0.15, 0.2) is 0 Å². The molecule has 0 aromatic heterocycles. The van der Waals surface area contributed by atoms with Gasteiger partial charge in [0, 0.05) is 0 Å². The fourth-order valence-electron chi connectivity index (χ4n) is 1.08. The molecule has 1 N–H and O–H groups in total. The Labute approximate surface area is 49.4 Å². The summed E-state index contributed by atoms with van der Waals surface area (Å²) >= 11 is 0. The molecular formula is C6H12O2. The van der Waals surface area contributed by atoms with Crippen LogP contribution in [-0.2, 0) is 4.89 Å². The standard InChI is InChI=1S/C6H12O2/c1-2-6(8-7)4-3-5-6/h7H,2-5H2,1H3. The van der Waals surface area contributed by atoms with Crippen molar-refractivity contribution in [3.8, 4) is 0 Å². The van der Waals surface area contributed by atoms with E-state index in [4.69, 9.17) is 5.26 Å². The molecule has 0 atom stereocenters. The minimum Gasteiger partial charge on any atom is -0.251 e. The smallest absolute Gasteiger partial charge is 0.103 e. The van der Waals surface area contributed by atoms with Gasteiger partial charge in [0.05, 0.1) is 0 Å². The summed E-state index contributed by atoms with van der Waals surface area (Å²) in [6.45, 7) is 2.04. The Kier molecular flexibility index (Phi) is 1.54. The molecule has 0 aromatic rings. The van der Waals surface area contributed by atoms with Crippen LogP contribution in [0.5, 0.6) is 0 Å². The van der Waals surface area contributed by atoms with Crippen LogP contribution in [0.3, 0.4) is 0 Å². The van der Waals surface area contributed by atoms with Crippen molar-refractivity contribution in [3.63, 3.8) is 0 Å². The van der Waals surface area contributed by atoms with Crippen molar-refractivity contribution >= 4 is 0 Å². The lowest BCUT2D eigenvalue weighted by Gasteiger charge is -2.37. The summed E-state index contributed by atoms with van der Waals surface area (Å²) in [7, 11) is 0. The Balaban J connectivity index is 2.33. The van der Waals surface area contributed by atoms with E-state index in [-0.39, 0.29) is 5.60 Å². The Bertz CT molecular complexity index is 63.1. The molecule has 1 rings (SSSR count). The second-order valence-corrected chi connectivity index (χ2v) is 2.48. The predicted molar refractivity (Wildman–Crippen MR) is 30.6 cm³/mol. The zero-order valence-corrected chi connectivity index (χ0v) is 5.18. The van der Waals surface area contributed by atoms with Crippen LogP contribution in [0.4, 0.5) is 0 Å². The van der Waals surface area contributed by atoms with Gasteiger partial charge in [-0.25, -0.2) is 4.89 Å². The van der Waals surface area contributed by atoms with Gasteiger partial charge in [-0.2, -0.15) is 0 Å². The quantitative estimate of drug-likeness (QED) is 0.440. The fourth-order valence-corrected chi connectivity index (χ4v) is 1.08. The average molecular weight is 116 g/mol. The van der Waals surface area contributed by atoms with Crippen LogP contribution in [0.25, 0.3) is 0 Å². The predicted octanol–water partition coefficient (Wildman–Crippen LogP) is 1.81. The van der Waals surface area contributed by atoms with Gasteiger partial charge in [-0.3, -0.25) is 5.26 Å². The van der Waals surface area contributed by atoms with Gasteiger partial charge in [-0.1, -0.05) is 6.92 Å². The number of hydrogen-bond acceptors (Lipinski definition) is 2. The van der Waals surface area contributed by atoms with E-state index in [1.54, 1.807) is 0 Å². The highest BCUT2D eigenvalue weighted by Gasteiger charge is 2.36. The molecule has 0 saturated heterocycles. The van der Waals surface area contributed by atoms with Gasteiger partial charge in [-0.05, 0) is 25.7 Å². The first-order valence-corrected chi connectivity index (χ1v) is 3.15. The van der Waals surface area contributed by atoms with Crippen molar-refractivity contribution in [3.05, 3.63) is 0 Å². The van der Waals surface area contributed by atoms with Gasteiger partial charge in [-0.15, -0.1) is 0 Å². The van der Waals surface area contributed by atoms with Gasteiger partial charge in [0.25, 0.3) is 0 Å².